The molecule has 0 spiro atoms. The van der Waals surface area contributed by atoms with Crippen LogP contribution in [0, 0.1) is 5.82 Å². The lowest BCUT2D eigenvalue weighted by atomic mass is 10.0. The van der Waals surface area contributed by atoms with Crippen LogP contribution in [-0.4, -0.2) is 5.50 Å². The minimum atomic E-state index is -0.223. The van der Waals surface area contributed by atoms with Gasteiger partial charge in [-0.1, -0.05) is 31.7 Å². The molecular weight excluding hydrogens is 199 g/mol. The SMILES string of the molecule is CC(C)c1ccc(F)c2c1SC(N)N2. The first-order valence-electron chi connectivity index (χ1n) is 4.60. The van der Waals surface area contributed by atoms with E-state index in [-0.39, 0.29) is 11.3 Å². The van der Waals surface area contributed by atoms with Gasteiger partial charge in [0.05, 0.1) is 5.69 Å². The van der Waals surface area contributed by atoms with Crippen LogP contribution in [0.3, 0.4) is 0 Å². The number of nitrogens with one attached hydrogen (secondary N) is 1. The molecule has 2 nitrogen and oxygen atoms in total. The van der Waals surface area contributed by atoms with Crippen LogP contribution in [0.4, 0.5) is 10.1 Å². The molecule has 1 aromatic rings. The number of thioether (sulfide) groups is 1. The molecule has 0 aromatic heterocycles. The van der Waals surface area contributed by atoms with Gasteiger partial charge in [-0.3, -0.25) is 0 Å². The van der Waals surface area contributed by atoms with Gasteiger partial charge in [0, 0.05) is 4.90 Å². The lowest BCUT2D eigenvalue weighted by Gasteiger charge is -2.10. The zero-order valence-electron chi connectivity index (χ0n) is 8.17. The van der Waals surface area contributed by atoms with Crippen molar-refractivity contribution in [1.82, 2.24) is 0 Å². The second-order valence-corrected chi connectivity index (χ2v) is 4.83. The highest BCUT2D eigenvalue weighted by molar-refractivity contribution is 8.00. The van der Waals surface area contributed by atoms with Gasteiger partial charge < -0.3 is 11.1 Å². The summed E-state index contributed by atoms with van der Waals surface area (Å²) in [5, 5.41) is 2.93. The standard InChI is InChI=1S/C10H13FN2S/c1-5(2)6-3-4-7(11)8-9(6)14-10(12)13-8/h3-5,10,13H,12H2,1-2H3. The van der Waals surface area contributed by atoms with Gasteiger partial charge in [0.15, 0.2) is 0 Å². The number of hydrogen-bond donors (Lipinski definition) is 2. The normalized spacial score (nSPS) is 19.6. The summed E-state index contributed by atoms with van der Waals surface area (Å²) >= 11 is 1.49. The molecule has 1 atom stereocenters. The lowest BCUT2D eigenvalue weighted by Crippen LogP contribution is -2.21. The van der Waals surface area contributed by atoms with Crippen molar-refractivity contribution in [3.63, 3.8) is 0 Å². The number of fused-ring (bicyclic) bond motifs is 1. The smallest absolute Gasteiger partial charge is 0.147 e. The van der Waals surface area contributed by atoms with E-state index >= 15 is 0 Å². The fourth-order valence-corrected chi connectivity index (χ4v) is 2.73. The monoisotopic (exact) mass is 212 g/mol. The Labute approximate surface area is 87.1 Å². The van der Waals surface area contributed by atoms with E-state index in [2.05, 4.69) is 19.2 Å². The highest BCUT2D eigenvalue weighted by Crippen LogP contribution is 2.42. The molecule has 0 amide bonds. The highest BCUT2D eigenvalue weighted by atomic mass is 32.2. The van der Waals surface area contributed by atoms with E-state index in [0.717, 1.165) is 10.5 Å². The Hall–Kier alpha value is -0.740. The average Bonchev–Trinajstić information content (AvgIpc) is 2.47. The summed E-state index contributed by atoms with van der Waals surface area (Å²) < 4.78 is 13.4. The molecule has 2 rings (SSSR count). The molecule has 1 aliphatic rings. The maximum absolute atomic E-state index is 13.4. The summed E-state index contributed by atoms with van der Waals surface area (Å²) in [5.74, 6) is 0.175. The molecule has 1 aromatic carbocycles. The molecule has 0 saturated heterocycles. The van der Waals surface area contributed by atoms with E-state index in [9.17, 15) is 4.39 Å². The van der Waals surface area contributed by atoms with Crippen LogP contribution in [-0.2, 0) is 0 Å². The van der Waals surface area contributed by atoms with Gasteiger partial charge >= 0.3 is 0 Å². The Morgan fingerprint density at radius 3 is 2.86 bits per heavy atom. The minimum Gasteiger partial charge on any atom is -0.358 e. The second-order valence-electron chi connectivity index (χ2n) is 3.68. The predicted octanol–water partition coefficient (Wildman–Crippen LogP) is 2.71. The van der Waals surface area contributed by atoms with Crippen molar-refractivity contribution < 1.29 is 4.39 Å². The van der Waals surface area contributed by atoms with Crippen molar-refractivity contribution >= 4 is 17.4 Å². The van der Waals surface area contributed by atoms with Crippen molar-refractivity contribution in [3.05, 3.63) is 23.5 Å². The summed E-state index contributed by atoms with van der Waals surface area (Å²) in [6.07, 6.45) is 0. The van der Waals surface area contributed by atoms with Gasteiger partial charge in [0.2, 0.25) is 0 Å². The number of hydrogen-bond acceptors (Lipinski definition) is 3. The van der Waals surface area contributed by atoms with Crippen LogP contribution in [0.5, 0.6) is 0 Å². The molecule has 14 heavy (non-hydrogen) atoms. The number of nitrogens with two attached hydrogens (primary N) is 1. The summed E-state index contributed by atoms with van der Waals surface area (Å²) in [6.45, 7) is 4.19. The van der Waals surface area contributed by atoms with Gasteiger partial charge in [0.25, 0.3) is 0 Å². The Balaban J connectivity index is 2.53. The molecule has 4 heteroatoms. The molecule has 76 valence electrons. The molecule has 0 aliphatic carbocycles. The number of rotatable bonds is 1. The predicted molar refractivity (Wildman–Crippen MR) is 57.9 cm³/mol. The molecule has 1 unspecified atom stereocenters. The van der Waals surface area contributed by atoms with Crippen LogP contribution < -0.4 is 11.1 Å². The van der Waals surface area contributed by atoms with Gasteiger partial charge in [-0.25, -0.2) is 4.39 Å². The van der Waals surface area contributed by atoms with E-state index in [1.54, 1.807) is 0 Å². The molecule has 1 aliphatic heterocycles. The maximum atomic E-state index is 13.4. The third-order valence-corrected chi connectivity index (χ3v) is 3.34. The average molecular weight is 212 g/mol. The molecular formula is C10H13FN2S. The van der Waals surface area contributed by atoms with Crippen LogP contribution in [0.1, 0.15) is 25.3 Å². The summed E-state index contributed by atoms with van der Waals surface area (Å²) in [5.41, 5.74) is 7.21. The van der Waals surface area contributed by atoms with E-state index in [0.29, 0.717) is 11.6 Å². The molecule has 0 fully saturated rings. The van der Waals surface area contributed by atoms with Gasteiger partial charge in [-0.2, -0.15) is 0 Å². The van der Waals surface area contributed by atoms with Crippen LogP contribution in [0.15, 0.2) is 17.0 Å². The molecule has 0 bridgehead atoms. The summed E-state index contributed by atoms with van der Waals surface area (Å²) in [6, 6.07) is 3.34. The largest absolute Gasteiger partial charge is 0.358 e. The Bertz CT molecular complexity index is 365. The molecule has 0 radical (unpaired) electrons. The fraction of sp³-hybridized carbons (Fsp3) is 0.400. The van der Waals surface area contributed by atoms with Gasteiger partial charge in [0.1, 0.15) is 11.3 Å². The number of benzene rings is 1. The number of anilines is 1. The Morgan fingerprint density at radius 1 is 1.50 bits per heavy atom. The van der Waals surface area contributed by atoms with Crippen molar-refractivity contribution in [2.24, 2.45) is 5.73 Å². The van der Waals surface area contributed by atoms with Crippen LogP contribution in [0.2, 0.25) is 0 Å². The quantitative estimate of drug-likeness (QED) is 0.751. The van der Waals surface area contributed by atoms with Crippen molar-refractivity contribution in [1.29, 1.82) is 0 Å². The zero-order chi connectivity index (χ0) is 10.3. The van der Waals surface area contributed by atoms with E-state index in [4.69, 9.17) is 5.73 Å². The van der Waals surface area contributed by atoms with Gasteiger partial charge in [-0.15, -0.1) is 0 Å². The van der Waals surface area contributed by atoms with Gasteiger partial charge in [-0.05, 0) is 17.5 Å². The van der Waals surface area contributed by atoms with E-state index < -0.39 is 0 Å². The molecule has 0 saturated carbocycles. The third kappa shape index (κ3) is 1.48. The topological polar surface area (TPSA) is 38.0 Å². The first-order valence-corrected chi connectivity index (χ1v) is 5.48. The first-order chi connectivity index (χ1) is 6.59. The highest BCUT2D eigenvalue weighted by Gasteiger charge is 2.25. The zero-order valence-corrected chi connectivity index (χ0v) is 8.99. The van der Waals surface area contributed by atoms with Crippen molar-refractivity contribution in [3.8, 4) is 0 Å². The van der Waals surface area contributed by atoms with Crippen molar-refractivity contribution in [2.75, 3.05) is 5.32 Å². The molecule has 1 heterocycles. The Kier molecular flexibility index (Phi) is 2.41. The lowest BCUT2D eigenvalue weighted by molar-refractivity contribution is 0.625. The van der Waals surface area contributed by atoms with Crippen LogP contribution in [0.25, 0.3) is 0 Å². The summed E-state index contributed by atoms with van der Waals surface area (Å²) in [4.78, 5) is 0.965. The minimum absolute atomic E-state index is 0.218. The van der Waals surface area contributed by atoms with Crippen molar-refractivity contribution in [2.45, 2.75) is 30.2 Å². The maximum Gasteiger partial charge on any atom is 0.147 e. The molecule has 3 N–H and O–H groups in total. The second kappa shape index (κ2) is 3.44. The van der Waals surface area contributed by atoms with E-state index in [1.807, 2.05) is 6.07 Å². The van der Waals surface area contributed by atoms with Crippen LogP contribution >= 0.6 is 11.8 Å². The summed E-state index contributed by atoms with van der Waals surface area (Å²) in [7, 11) is 0. The number of halogens is 1. The fourth-order valence-electron chi connectivity index (χ4n) is 1.59. The Morgan fingerprint density at radius 2 is 2.21 bits per heavy atom. The van der Waals surface area contributed by atoms with E-state index in [1.165, 1.54) is 17.8 Å². The third-order valence-electron chi connectivity index (χ3n) is 2.29. The first kappa shape index (κ1) is 9.80.